The summed E-state index contributed by atoms with van der Waals surface area (Å²) in [5, 5.41) is 1.94. The number of aromatic nitrogens is 1. The maximum absolute atomic E-state index is 12.3. The number of fused-ring (bicyclic) bond motifs is 1. The Morgan fingerprint density at radius 1 is 0.955 bits per heavy atom. The Morgan fingerprint density at radius 2 is 1.77 bits per heavy atom. The molecular weight excluding hydrogens is 296 g/mol. The van der Waals surface area contributed by atoms with Gasteiger partial charge in [-0.2, -0.15) is 0 Å². The van der Waals surface area contributed by atoms with Gasteiger partial charge in [-0.3, -0.25) is 4.98 Å². The first-order chi connectivity index (χ1) is 10.6. The van der Waals surface area contributed by atoms with Crippen LogP contribution in [0.5, 0.6) is 0 Å². The highest BCUT2D eigenvalue weighted by molar-refractivity contribution is 7.89. The van der Waals surface area contributed by atoms with Crippen LogP contribution in [0.4, 0.5) is 0 Å². The highest BCUT2D eigenvalue weighted by Crippen LogP contribution is 2.18. The van der Waals surface area contributed by atoms with Gasteiger partial charge < -0.3 is 0 Å². The average Bonchev–Trinajstić information content (AvgIpc) is 2.55. The number of sulfonamides is 1. The van der Waals surface area contributed by atoms with Crippen LogP contribution >= 0.6 is 0 Å². The Kier molecular flexibility index (Phi) is 4.18. The van der Waals surface area contributed by atoms with E-state index in [-0.39, 0.29) is 4.90 Å². The molecule has 112 valence electrons. The summed E-state index contributed by atoms with van der Waals surface area (Å²) in [4.78, 5) is 4.30. The molecule has 22 heavy (non-hydrogen) atoms. The van der Waals surface area contributed by atoms with E-state index in [1.54, 1.807) is 24.5 Å². The largest absolute Gasteiger partial charge is 0.264 e. The Morgan fingerprint density at radius 3 is 2.55 bits per heavy atom. The van der Waals surface area contributed by atoms with Crippen molar-refractivity contribution in [3.8, 4) is 0 Å². The van der Waals surface area contributed by atoms with Gasteiger partial charge >= 0.3 is 0 Å². The van der Waals surface area contributed by atoms with Gasteiger partial charge in [-0.15, -0.1) is 0 Å². The fourth-order valence-electron chi connectivity index (χ4n) is 2.29. The summed E-state index contributed by atoms with van der Waals surface area (Å²) in [7, 11) is -3.49. The maximum Gasteiger partial charge on any atom is 0.240 e. The first-order valence-corrected chi connectivity index (χ1v) is 8.51. The standard InChI is InChI=1S/C17H16N2O2S/c20-22(21,19-11-9-14-4-3-10-18-13-14)17-8-7-15-5-1-2-6-16(15)12-17/h1-8,10,12-13,19H,9,11H2. The Balaban J connectivity index is 1.74. The topological polar surface area (TPSA) is 59.1 Å². The van der Waals surface area contributed by atoms with Crippen molar-refractivity contribution >= 4 is 20.8 Å². The van der Waals surface area contributed by atoms with E-state index >= 15 is 0 Å². The van der Waals surface area contributed by atoms with Crippen LogP contribution in [-0.4, -0.2) is 19.9 Å². The van der Waals surface area contributed by atoms with Crippen molar-refractivity contribution in [1.82, 2.24) is 9.71 Å². The van der Waals surface area contributed by atoms with Crippen LogP contribution in [0.1, 0.15) is 5.56 Å². The lowest BCUT2D eigenvalue weighted by molar-refractivity contribution is 0.581. The molecule has 1 heterocycles. The monoisotopic (exact) mass is 312 g/mol. The minimum atomic E-state index is -3.49. The first-order valence-electron chi connectivity index (χ1n) is 7.02. The molecule has 0 saturated carbocycles. The van der Waals surface area contributed by atoms with Crippen molar-refractivity contribution in [3.05, 3.63) is 72.6 Å². The van der Waals surface area contributed by atoms with E-state index in [4.69, 9.17) is 0 Å². The fourth-order valence-corrected chi connectivity index (χ4v) is 3.36. The smallest absolute Gasteiger partial charge is 0.240 e. The quantitative estimate of drug-likeness (QED) is 0.788. The molecule has 1 N–H and O–H groups in total. The minimum absolute atomic E-state index is 0.289. The summed E-state index contributed by atoms with van der Waals surface area (Å²) >= 11 is 0. The highest BCUT2D eigenvalue weighted by atomic mass is 32.2. The molecule has 3 rings (SSSR count). The predicted octanol–water partition coefficient (Wildman–Crippen LogP) is 2.76. The predicted molar refractivity (Wildman–Crippen MR) is 87.1 cm³/mol. The van der Waals surface area contributed by atoms with Gasteiger partial charge in [-0.05, 0) is 41.0 Å². The molecule has 4 nitrogen and oxygen atoms in total. The number of rotatable bonds is 5. The lowest BCUT2D eigenvalue weighted by atomic mass is 10.1. The van der Waals surface area contributed by atoms with Crippen molar-refractivity contribution in [2.75, 3.05) is 6.54 Å². The Labute approximate surface area is 129 Å². The molecule has 5 heteroatoms. The van der Waals surface area contributed by atoms with Gasteiger partial charge in [0.15, 0.2) is 0 Å². The molecule has 0 amide bonds. The van der Waals surface area contributed by atoms with Crippen molar-refractivity contribution in [3.63, 3.8) is 0 Å². The zero-order valence-electron chi connectivity index (χ0n) is 11.9. The summed E-state index contributed by atoms with van der Waals surface area (Å²) < 4.78 is 27.3. The molecule has 2 aromatic carbocycles. The van der Waals surface area contributed by atoms with E-state index in [1.165, 1.54) is 0 Å². The molecule has 0 spiro atoms. The van der Waals surface area contributed by atoms with Crippen LogP contribution in [0.15, 0.2) is 71.9 Å². The summed E-state index contributed by atoms with van der Waals surface area (Å²) in [6.45, 7) is 0.348. The second kappa shape index (κ2) is 6.25. The molecule has 0 aliphatic heterocycles. The molecule has 1 aromatic heterocycles. The van der Waals surface area contributed by atoms with Crippen molar-refractivity contribution in [2.24, 2.45) is 0 Å². The van der Waals surface area contributed by atoms with E-state index < -0.39 is 10.0 Å². The Bertz CT molecular complexity index is 877. The van der Waals surface area contributed by atoms with Crippen LogP contribution in [-0.2, 0) is 16.4 Å². The minimum Gasteiger partial charge on any atom is -0.264 e. The van der Waals surface area contributed by atoms with Gasteiger partial charge in [0.05, 0.1) is 4.90 Å². The second-order valence-corrected chi connectivity index (χ2v) is 6.78. The second-order valence-electron chi connectivity index (χ2n) is 5.02. The summed E-state index contributed by atoms with van der Waals surface area (Å²) in [5.41, 5.74) is 1.00. The molecule has 0 radical (unpaired) electrons. The number of nitrogens with one attached hydrogen (secondary N) is 1. The van der Waals surface area contributed by atoms with Gasteiger partial charge in [-0.25, -0.2) is 13.1 Å². The van der Waals surface area contributed by atoms with E-state index in [9.17, 15) is 8.42 Å². The van der Waals surface area contributed by atoms with Crippen LogP contribution in [0.2, 0.25) is 0 Å². The summed E-state index contributed by atoms with van der Waals surface area (Å²) in [6.07, 6.45) is 4.05. The number of pyridine rings is 1. The molecule has 0 aliphatic rings. The van der Waals surface area contributed by atoms with Gasteiger partial charge in [0.1, 0.15) is 0 Å². The zero-order chi connectivity index (χ0) is 15.4. The number of hydrogen-bond donors (Lipinski definition) is 1. The number of hydrogen-bond acceptors (Lipinski definition) is 3. The van der Waals surface area contributed by atoms with Crippen LogP contribution < -0.4 is 4.72 Å². The van der Waals surface area contributed by atoms with E-state index in [0.29, 0.717) is 13.0 Å². The average molecular weight is 312 g/mol. The molecule has 0 fully saturated rings. The number of nitrogens with zero attached hydrogens (tertiary/aromatic N) is 1. The summed E-state index contributed by atoms with van der Waals surface area (Å²) in [5.74, 6) is 0. The van der Waals surface area contributed by atoms with Gasteiger partial charge in [-0.1, -0.05) is 36.4 Å². The fraction of sp³-hybridized carbons (Fsp3) is 0.118. The van der Waals surface area contributed by atoms with Crippen LogP contribution in [0.3, 0.4) is 0 Å². The third-order valence-electron chi connectivity index (χ3n) is 3.46. The van der Waals surface area contributed by atoms with Crippen LogP contribution in [0, 0.1) is 0 Å². The molecular formula is C17H16N2O2S. The highest BCUT2D eigenvalue weighted by Gasteiger charge is 2.13. The first kappa shape index (κ1) is 14.7. The molecule has 3 aromatic rings. The lowest BCUT2D eigenvalue weighted by Gasteiger charge is -2.08. The lowest BCUT2D eigenvalue weighted by Crippen LogP contribution is -2.26. The maximum atomic E-state index is 12.3. The normalized spacial score (nSPS) is 11.6. The van der Waals surface area contributed by atoms with Gasteiger partial charge in [0, 0.05) is 18.9 Å². The van der Waals surface area contributed by atoms with Gasteiger partial charge in [0.25, 0.3) is 0 Å². The SMILES string of the molecule is O=S(=O)(NCCc1cccnc1)c1ccc2ccccc2c1. The Hall–Kier alpha value is -2.24. The van der Waals surface area contributed by atoms with Crippen LogP contribution in [0.25, 0.3) is 10.8 Å². The van der Waals surface area contributed by atoms with Gasteiger partial charge in [0.2, 0.25) is 10.0 Å². The molecule has 0 unspecified atom stereocenters. The third-order valence-corrected chi connectivity index (χ3v) is 4.92. The van der Waals surface area contributed by atoms with Crippen molar-refractivity contribution < 1.29 is 8.42 Å². The number of benzene rings is 2. The molecule has 0 atom stereocenters. The van der Waals surface area contributed by atoms with E-state index in [2.05, 4.69) is 9.71 Å². The molecule has 0 saturated heterocycles. The summed E-state index contributed by atoms with van der Waals surface area (Å²) in [6, 6.07) is 16.6. The molecule has 0 aliphatic carbocycles. The molecule has 0 bridgehead atoms. The van der Waals surface area contributed by atoms with E-state index in [0.717, 1.165) is 16.3 Å². The van der Waals surface area contributed by atoms with Crippen molar-refractivity contribution in [1.29, 1.82) is 0 Å². The third kappa shape index (κ3) is 3.32. The zero-order valence-corrected chi connectivity index (χ0v) is 12.8. The van der Waals surface area contributed by atoms with E-state index in [1.807, 2.05) is 42.5 Å². The van der Waals surface area contributed by atoms with Crippen molar-refractivity contribution in [2.45, 2.75) is 11.3 Å².